The Morgan fingerprint density at radius 3 is 2.58 bits per heavy atom. The summed E-state index contributed by atoms with van der Waals surface area (Å²) < 4.78 is 41.8. The van der Waals surface area contributed by atoms with Gasteiger partial charge < -0.3 is 0 Å². The predicted molar refractivity (Wildman–Crippen MR) is 99.8 cm³/mol. The minimum atomic E-state index is -0.769. The van der Waals surface area contributed by atoms with E-state index in [4.69, 9.17) is 0 Å². The Labute approximate surface area is 154 Å². The van der Waals surface area contributed by atoms with Crippen molar-refractivity contribution in [2.45, 2.75) is 64.7 Å². The van der Waals surface area contributed by atoms with Crippen LogP contribution in [0.15, 0.2) is 30.3 Å². The smallest absolute Gasteiger partial charge is 0.162 e. The van der Waals surface area contributed by atoms with Crippen LogP contribution in [-0.2, 0) is 25.7 Å². The average Bonchev–Trinajstić information content (AvgIpc) is 2.64. The van der Waals surface area contributed by atoms with Gasteiger partial charge in [-0.3, -0.25) is 0 Å². The zero-order valence-corrected chi connectivity index (χ0v) is 15.5. The minimum Gasteiger partial charge on any atom is -0.207 e. The molecule has 0 radical (unpaired) electrons. The molecule has 0 spiro atoms. The van der Waals surface area contributed by atoms with Gasteiger partial charge in [-0.05, 0) is 85.3 Å². The van der Waals surface area contributed by atoms with Crippen LogP contribution in [0.3, 0.4) is 0 Å². The fraction of sp³-hybridized carbons (Fsp3) is 0.478. The third-order valence-corrected chi connectivity index (χ3v) is 5.62. The van der Waals surface area contributed by atoms with Crippen molar-refractivity contribution >= 4 is 0 Å². The first kappa shape index (κ1) is 19.0. The highest BCUT2D eigenvalue weighted by Gasteiger charge is 2.23. The number of fused-ring (bicyclic) bond motifs is 1. The van der Waals surface area contributed by atoms with Gasteiger partial charge in [0.15, 0.2) is 11.6 Å². The lowest BCUT2D eigenvalue weighted by atomic mass is 9.80. The summed E-state index contributed by atoms with van der Waals surface area (Å²) in [6.07, 6.45) is 8.09. The first-order valence-corrected chi connectivity index (χ1v) is 9.81. The number of hydrogen-bond acceptors (Lipinski definition) is 0. The monoisotopic (exact) mass is 360 g/mol. The molecule has 0 nitrogen and oxygen atoms in total. The van der Waals surface area contributed by atoms with Crippen LogP contribution >= 0.6 is 0 Å². The van der Waals surface area contributed by atoms with E-state index < -0.39 is 11.6 Å². The summed E-state index contributed by atoms with van der Waals surface area (Å²) in [7, 11) is 0. The fourth-order valence-electron chi connectivity index (χ4n) is 3.97. The van der Waals surface area contributed by atoms with E-state index in [-0.39, 0.29) is 11.7 Å². The van der Waals surface area contributed by atoms with E-state index >= 15 is 0 Å². The van der Waals surface area contributed by atoms with Crippen LogP contribution in [-0.4, -0.2) is 0 Å². The van der Waals surface area contributed by atoms with Gasteiger partial charge in [-0.2, -0.15) is 0 Å². The third-order valence-electron chi connectivity index (χ3n) is 5.62. The average molecular weight is 360 g/mol. The van der Waals surface area contributed by atoms with Crippen molar-refractivity contribution in [1.29, 1.82) is 0 Å². The molecule has 3 heteroatoms. The topological polar surface area (TPSA) is 0 Å². The molecule has 1 atom stereocenters. The quantitative estimate of drug-likeness (QED) is 0.490. The molecule has 140 valence electrons. The molecule has 0 aliphatic heterocycles. The number of rotatable bonds is 7. The van der Waals surface area contributed by atoms with E-state index in [0.29, 0.717) is 18.4 Å². The van der Waals surface area contributed by atoms with Crippen LogP contribution in [0.2, 0.25) is 0 Å². The SMILES string of the molecule is CCCCCc1ccc(CCC2CCc3ccc(F)c(F)c3C2)c(F)c1. The Morgan fingerprint density at radius 1 is 0.962 bits per heavy atom. The van der Waals surface area contributed by atoms with Crippen molar-refractivity contribution in [3.05, 3.63) is 70.0 Å². The summed E-state index contributed by atoms with van der Waals surface area (Å²) in [6, 6.07) is 8.50. The fourth-order valence-corrected chi connectivity index (χ4v) is 3.97. The van der Waals surface area contributed by atoms with E-state index in [2.05, 4.69) is 6.92 Å². The molecule has 2 aromatic rings. The van der Waals surface area contributed by atoms with Crippen molar-refractivity contribution in [3.63, 3.8) is 0 Å². The van der Waals surface area contributed by atoms with Crippen molar-refractivity contribution in [2.75, 3.05) is 0 Å². The zero-order valence-electron chi connectivity index (χ0n) is 15.5. The maximum atomic E-state index is 14.4. The first-order valence-electron chi connectivity index (χ1n) is 9.81. The van der Waals surface area contributed by atoms with Crippen molar-refractivity contribution < 1.29 is 13.2 Å². The molecule has 26 heavy (non-hydrogen) atoms. The lowest BCUT2D eigenvalue weighted by Gasteiger charge is -2.25. The molecule has 0 bridgehead atoms. The lowest BCUT2D eigenvalue weighted by Crippen LogP contribution is -2.17. The second-order valence-electron chi connectivity index (χ2n) is 7.53. The summed E-state index contributed by atoms with van der Waals surface area (Å²) in [5, 5.41) is 0. The summed E-state index contributed by atoms with van der Waals surface area (Å²) in [4.78, 5) is 0. The van der Waals surface area contributed by atoms with E-state index in [1.54, 1.807) is 12.1 Å². The molecular formula is C23H27F3. The first-order chi connectivity index (χ1) is 12.6. The second-order valence-corrected chi connectivity index (χ2v) is 7.53. The van der Waals surface area contributed by atoms with Gasteiger partial charge in [0.2, 0.25) is 0 Å². The highest BCUT2D eigenvalue weighted by Crippen LogP contribution is 2.31. The van der Waals surface area contributed by atoms with Gasteiger partial charge >= 0.3 is 0 Å². The number of aryl methyl sites for hydroxylation is 3. The van der Waals surface area contributed by atoms with Gasteiger partial charge in [-0.15, -0.1) is 0 Å². The molecule has 0 aromatic heterocycles. The summed E-state index contributed by atoms with van der Waals surface area (Å²) in [5.74, 6) is -1.32. The maximum Gasteiger partial charge on any atom is 0.162 e. The molecule has 1 aliphatic carbocycles. The standard InChI is InChI=1S/C23H27F3/c1-2-3-4-5-16-7-10-19(22(25)15-16)11-8-17-6-9-18-12-13-21(24)23(26)20(18)14-17/h7,10,12-13,15,17H,2-6,8-9,11,14H2,1H3. The molecule has 0 saturated carbocycles. The number of benzene rings is 2. The lowest BCUT2D eigenvalue weighted by molar-refractivity contribution is 0.403. The van der Waals surface area contributed by atoms with Crippen molar-refractivity contribution in [1.82, 2.24) is 0 Å². The van der Waals surface area contributed by atoms with E-state index in [9.17, 15) is 13.2 Å². The van der Waals surface area contributed by atoms with E-state index in [1.165, 1.54) is 12.5 Å². The molecule has 1 aliphatic rings. The molecule has 1 unspecified atom stereocenters. The molecule has 0 fully saturated rings. The predicted octanol–water partition coefficient (Wildman–Crippen LogP) is 6.57. The van der Waals surface area contributed by atoms with Gasteiger partial charge in [0.05, 0.1) is 0 Å². The summed E-state index contributed by atoms with van der Waals surface area (Å²) >= 11 is 0. The number of unbranched alkanes of at least 4 members (excludes halogenated alkanes) is 2. The van der Waals surface area contributed by atoms with Gasteiger partial charge in [0.25, 0.3) is 0 Å². The van der Waals surface area contributed by atoms with Crippen molar-refractivity contribution in [2.24, 2.45) is 5.92 Å². The molecule has 0 amide bonds. The van der Waals surface area contributed by atoms with Gasteiger partial charge in [0.1, 0.15) is 5.82 Å². The number of halogens is 3. The maximum absolute atomic E-state index is 14.4. The number of hydrogen-bond donors (Lipinski definition) is 0. The molecule has 0 heterocycles. The van der Waals surface area contributed by atoms with Crippen LogP contribution in [0, 0.1) is 23.4 Å². The van der Waals surface area contributed by atoms with Crippen LogP contribution < -0.4 is 0 Å². The molecule has 2 aromatic carbocycles. The largest absolute Gasteiger partial charge is 0.207 e. The third kappa shape index (κ3) is 4.49. The summed E-state index contributed by atoms with van der Waals surface area (Å²) in [6.45, 7) is 2.16. The van der Waals surface area contributed by atoms with Crippen LogP contribution in [0.4, 0.5) is 13.2 Å². The van der Waals surface area contributed by atoms with Crippen molar-refractivity contribution in [3.8, 4) is 0 Å². The van der Waals surface area contributed by atoms with Crippen LogP contribution in [0.5, 0.6) is 0 Å². The van der Waals surface area contributed by atoms with Gasteiger partial charge in [0, 0.05) is 0 Å². The Kier molecular flexibility index (Phi) is 6.39. The zero-order chi connectivity index (χ0) is 18.5. The highest BCUT2D eigenvalue weighted by atomic mass is 19.2. The molecule has 3 rings (SSSR count). The van der Waals surface area contributed by atoms with E-state index in [1.807, 2.05) is 12.1 Å². The van der Waals surface area contributed by atoms with E-state index in [0.717, 1.165) is 55.2 Å². The Hall–Kier alpha value is -1.77. The van der Waals surface area contributed by atoms with Gasteiger partial charge in [-0.25, -0.2) is 13.2 Å². The van der Waals surface area contributed by atoms with Crippen LogP contribution in [0.1, 0.15) is 61.3 Å². The van der Waals surface area contributed by atoms with Gasteiger partial charge in [-0.1, -0.05) is 38.0 Å². The Balaban J connectivity index is 1.58. The Bertz CT molecular complexity index is 751. The normalized spacial score (nSPS) is 16.5. The minimum absolute atomic E-state index is 0.132. The highest BCUT2D eigenvalue weighted by molar-refractivity contribution is 5.32. The van der Waals surface area contributed by atoms with Crippen LogP contribution in [0.25, 0.3) is 0 Å². The molecule has 0 N–H and O–H groups in total. The molecule has 0 saturated heterocycles. The molecular weight excluding hydrogens is 333 g/mol. The Morgan fingerprint density at radius 2 is 1.81 bits per heavy atom. The summed E-state index contributed by atoms with van der Waals surface area (Å²) in [5.41, 5.74) is 3.23. The second kappa shape index (κ2) is 8.75.